The molecule has 0 atom stereocenters. The predicted molar refractivity (Wildman–Crippen MR) is 87.4 cm³/mol. The average Bonchev–Trinajstić information content (AvgIpc) is 2.78. The van der Waals surface area contributed by atoms with Gasteiger partial charge in [-0.1, -0.05) is 47.5 Å². The number of benzene rings is 2. The first kappa shape index (κ1) is 14.2. The fourth-order valence-corrected chi connectivity index (χ4v) is 2.86. The van der Waals surface area contributed by atoms with Crippen LogP contribution in [0.3, 0.4) is 0 Å². The summed E-state index contributed by atoms with van der Waals surface area (Å²) in [6.07, 6.45) is 2.14. The molecule has 0 N–H and O–H groups in total. The van der Waals surface area contributed by atoms with Gasteiger partial charge in [0.1, 0.15) is 0 Å². The van der Waals surface area contributed by atoms with E-state index in [1.807, 2.05) is 48.1 Å². The number of carbonyl (C=O) groups excluding carboxylic acids is 1. The van der Waals surface area contributed by atoms with E-state index >= 15 is 0 Å². The molecule has 4 heteroatoms. The Balaban J connectivity index is 2.01. The van der Waals surface area contributed by atoms with Crippen molar-refractivity contribution in [3.05, 3.63) is 69.8 Å². The lowest BCUT2D eigenvalue weighted by molar-refractivity contribution is 0.0994. The van der Waals surface area contributed by atoms with Crippen LogP contribution in [0, 0.1) is 0 Å². The molecule has 0 spiro atoms. The standard InChI is InChI=1S/C17H13Cl2NO/c1-20-10-14(13-7-6-12(18)9-16(13)20)17(21)8-11-4-2-3-5-15(11)19/h2-7,9-10H,8H2,1H3. The molecule has 106 valence electrons. The van der Waals surface area contributed by atoms with E-state index in [0.717, 1.165) is 16.5 Å². The number of nitrogens with zero attached hydrogens (tertiary/aromatic N) is 1. The highest BCUT2D eigenvalue weighted by atomic mass is 35.5. The molecule has 0 amide bonds. The van der Waals surface area contributed by atoms with Gasteiger partial charge < -0.3 is 4.57 Å². The maximum atomic E-state index is 12.6. The van der Waals surface area contributed by atoms with Crippen molar-refractivity contribution in [1.82, 2.24) is 4.57 Å². The first-order valence-electron chi connectivity index (χ1n) is 6.57. The quantitative estimate of drug-likeness (QED) is 0.629. The summed E-state index contributed by atoms with van der Waals surface area (Å²) in [5.74, 6) is 0.0519. The number of carbonyl (C=O) groups is 1. The number of rotatable bonds is 3. The number of hydrogen-bond donors (Lipinski definition) is 0. The number of aryl methyl sites for hydroxylation is 1. The zero-order valence-electron chi connectivity index (χ0n) is 11.4. The predicted octanol–water partition coefficient (Wildman–Crippen LogP) is 4.91. The van der Waals surface area contributed by atoms with Crippen LogP contribution >= 0.6 is 23.2 Å². The summed E-state index contributed by atoms with van der Waals surface area (Å²) >= 11 is 12.1. The largest absolute Gasteiger partial charge is 0.350 e. The molecule has 0 aliphatic rings. The van der Waals surface area contributed by atoms with Crippen molar-refractivity contribution in [2.24, 2.45) is 7.05 Å². The van der Waals surface area contributed by atoms with Crippen molar-refractivity contribution in [2.75, 3.05) is 0 Å². The Bertz CT molecular complexity index is 836. The Morgan fingerprint density at radius 1 is 1.14 bits per heavy atom. The molecule has 0 aliphatic carbocycles. The third kappa shape index (κ3) is 2.69. The lowest BCUT2D eigenvalue weighted by Crippen LogP contribution is -2.03. The van der Waals surface area contributed by atoms with Gasteiger partial charge in [-0.25, -0.2) is 0 Å². The van der Waals surface area contributed by atoms with E-state index in [-0.39, 0.29) is 5.78 Å². The van der Waals surface area contributed by atoms with Crippen molar-refractivity contribution < 1.29 is 4.79 Å². The van der Waals surface area contributed by atoms with Gasteiger partial charge >= 0.3 is 0 Å². The molecule has 2 nitrogen and oxygen atoms in total. The van der Waals surface area contributed by atoms with Crippen LogP contribution in [0.5, 0.6) is 0 Å². The average molecular weight is 318 g/mol. The Labute approximate surface area is 132 Å². The second-order valence-corrected chi connectivity index (χ2v) is 5.85. The lowest BCUT2D eigenvalue weighted by atomic mass is 10.0. The molecular weight excluding hydrogens is 305 g/mol. The van der Waals surface area contributed by atoms with E-state index < -0.39 is 0 Å². The number of ketones is 1. The number of halogens is 2. The Kier molecular flexibility index (Phi) is 3.75. The van der Waals surface area contributed by atoms with Crippen molar-refractivity contribution in [3.8, 4) is 0 Å². The molecule has 3 aromatic rings. The maximum absolute atomic E-state index is 12.6. The zero-order chi connectivity index (χ0) is 15.0. The molecule has 0 saturated heterocycles. The van der Waals surface area contributed by atoms with E-state index in [4.69, 9.17) is 23.2 Å². The first-order valence-corrected chi connectivity index (χ1v) is 7.33. The molecule has 0 unspecified atom stereocenters. The SMILES string of the molecule is Cn1cc(C(=O)Cc2ccccc2Cl)c2ccc(Cl)cc21. The molecule has 21 heavy (non-hydrogen) atoms. The number of fused-ring (bicyclic) bond motifs is 1. The summed E-state index contributed by atoms with van der Waals surface area (Å²) in [7, 11) is 1.91. The minimum Gasteiger partial charge on any atom is -0.350 e. The molecule has 1 aromatic heterocycles. The number of hydrogen-bond acceptors (Lipinski definition) is 1. The third-order valence-electron chi connectivity index (χ3n) is 3.56. The van der Waals surface area contributed by atoms with Crippen molar-refractivity contribution >= 4 is 39.9 Å². The molecule has 1 heterocycles. The fourth-order valence-electron chi connectivity index (χ4n) is 2.49. The summed E-state index contributed by atoms with van der Waals surface area (Å²) in [5.41, 5.74) is 2.49. The van der Waals surface area contributed by atoms with Gasteiger partial charge in [-0.15, -0.1) is 0 Å². The van der Waals surface area contributed by atoms with Gasteiger partial charge in [0.15, 0.2) is 5.78 Å². The van der Waals surface area contributed by atoms with E-state index in [9.17, 15) is 4.79 Å². The smallest absolute Gasteiger partial charge is 0.169 e. The fraction of sp³-hybridized carbons (Fsp3) is 0.118. The van der Waals surface area contributed by atoms with Gasteiger partial charge in [-0.2, -0.15) is 0 Å². The van der Waals surface area contributed by atoms with Crippen LogP contribution in [0.25, 0.3) is 10.9 Å². The van der Waals surface area contributed by atoms with E-state index in [0.29, 0.717) is 22.0 Å². The second-order valence-electron chi connectivity index (χ2n) is 5.01. The normalized spacial score (nSPS) is 11.0. The minimum absolute atomic E-state index is 0.0519. The van der Waals surface area contributed by atoms with Gasteiger partial charge in [-0.05, 0) is 23.8 Å². The molecular formula is C17H13Cl2NO. The molecule has 3 rings (SSSR count). The molecule has 0 fully saturated rings. The van der Waals surface area contributed by atoms with Crippen LogP contribution in [0.15, 0.2) is 48.7 Å². The lowest BCUT2D eigenvalue weighted by Gasteiger charge is -2.03. The monoisotopic (exact) mass is 317 g/mol. The molecule has 0 saturated carbocycles. The van der Waals surface area contributed by atoms with Gasteiger partial charge in [0.25, 0.3) is 0 Å². The van der Waals surface area contributed by atoms with Gasteiger partial charge in [0.05, 0.1) is 0 Å². The molecule has 0 bridgehead atoms. The van der Waals surface area contributed by atoms with Crippen LogP contribution in [-0.4, -0.2) is 10.4 Å². The second kappa shape index (κ2) is 5.55. The molecule has 2 aromatic carbocycles. The van der Waals surface area contributed by atoms with Crippen LogP contribution < -0.4 is 0 Å². The number of Topliss-reactive ketones (excluding diaryl/α,β-unsaturated/α-hetero) is 1. The topological polar surface area (TPSA) is 22.0 Å². The molecule has 0 radical (unpaired) electrons. The van der Waals surface area contributed by atoms with Gasteiger partial charge in [0.2, 0.25) is 0 Å². The van der Waals surface area contributed by atoms with Crippen molar-refractivity contribution in [3.63, 3.8) is 0 Å². The van der Waals surface area contributed by atoms with Gasteiger partial charge in [0, 0.05) is 46.2 Å². The minimum atomic E-state index is 0.0519. The number of aromatic nitrogens is 1. The van der Waals surface area contributed by atoms with Crippen LogP contribution in [0.4, 0.5) is 0 Å². The highest BCUT2D eigenvalue weighted by molar-refractivity contribution is 6.32. The summed E-state index contributed by atoms with van der Waals surface area (Å²) < 4.78 is 1.92. The Hall–Kier alpha value is -1.77. The zero-order valence-corrected chi connectivity index (χ0v) is 12.9. The summed E-state index contributed by atoms with van der Waals surface area (Å²) in [6, 6.07) is 13.0. The Morgan fingerprint density at radius 3 is 2.67 bits per heavy atom. The summed E-state index contributed by atoms with van der Waals surface area (Å²) in [6.45, 7) is 0. The maximum Gasteiger partial charge on any atom is 0.169 e. The van der Waals surface area contributed by atoms with E-state index in [2.05, 4.69) is 0 Å². The third-order valence-corrected chi connectivity index (χ3v) is 4.17. The van der Waals surface area contributed by atoms with Crippen LogP contribution in [0.2, 0.25) is 10.0 Å². The first-order chi connectivity index (χ1) is 10.1. The summed E-state index contributed by atoms with van der Waals surface area (Å²) in [5, 5.41) is 2.20. The van der Waals surface area contributed by atoms with Gasteiger partial charge in [-0.3, -0.25) is 4.79 Å². The van der Waals surface area contributed by atoms with Crippen molar-refractivity contribution in [1.29, 1.82) is 0 Å². The van der Waals surface area contributed by atoms with E-state index in [1.54, 1.807) is 12.1 Å². The van der Waals surface area contributed by atoms with Crippen LogP contribution in [0.1, 0.15) is 15.9 Å². The van der Waals surface area contributed by atoms with E-state index in [1.165, 1.54) is 0 Å². The summed E-state index contributed by atoms with van der Waals surface area (Å²) in [4.78, 5) is 12.6. The van der Waals surface area contributed by atoms with Crippen molar-refractivity contribution in [2.45, 2.75) is 6.42 Å². The highest BCUT2D eigenvalue weighted by Crippen LogP contribution is 2.26. The highest BCUT2D eigenvalue weighted by Gasteiger charge is 2.15. The molecule has 0 aliphatic heterocycles. The van der Waals surface area contributed by atoms with Crippen LogP contribution in [-0.2, 0) is 13.5 Å². The Morgan fingerprint density at radius 2 is 1.90 bits per heavy atom.